The molecule has 0 bridgehead atoms. The average molecular weight is 964 g/mol. The number of carbonyl (C=O) groups is 6. The van der Waals surface area contributed by atoms with E-state index in [1.165, 1.54) is 19.3 Å². The topological polar surface area (TPSA) is 272 Å². The smallest absolute Gasteiger partial charge is 0.325 e. The Morgan fingerprint density at radius 2 is 1.62 bits per heavy atom. The van der Waals surface area contributed by atoms with E-state index in [4.69, 9.17) is 19.2 Å². The molecule has 1 saturated heterocycles. The van der Waals surface area contributed by atoms with E-state index in [1.807, 2.05) is 0 Å². The summed E-state index contributed by atoms with van der Waals surface area (Å²) in [5.41, 5.74) is 0.239. The lowest BCUT2D eigenvalue weighted by Crippen LogP contribution is -2.50. The van der Waals surface area contributed by atoms with E-state index in [2.05, 4.69) is 39.4 Å². The lowest BCUT2D eigenvalue weighted by atomic mass is 9.78. The van der Waals surface area contributed by atoms with Crippen LogP contribution < -0.4 is 20.7 Å². The van der Waals surface area contributed by atoms with Crippen LogP contribution in [-0.4, -0.2) is 143 Å². The average Bonchev–Trinajstić information content (AvgIpc) is 3.84. The highest BCUT2D eigenvalue weighted by molar-refractivity contribution is 6.34. The number of nitrogens with one attached hydrogen (secondary N) is 3. The van der Waals surface area contributed by atoms with E-state index in [1.54, 1.807) is 60.6 Å². The molecule has 7 N–H and O–H groups in total. The fourth-order valence-corrected chi connectivity index (χ4v) is 9.48. The molecule has 0 aromatic heterocycles. The summed E-state index contributed by atoms with van der Waals surface area (Å²) in [7, 11) is 2.53. The van der Waals surface area contributed by atoms with Gasteiger partial charge in [-0.2, -0.15) is 0 Å². The number of allylic oxidation sites excluding steroid dienone is 4. The van der Waals surface area contributed by atoms with Crippen molar-refractivity contribution in [2.75, 3.05) is 40.4 Å². The third-order valence-electron chi connectivity index (χ3n) is 13.6. The van der Waals surface area contributed by atoms with Crippen molar-refractivity contribution < 1.29 is 68.1 Å². The molecule has 1 fully saturated rings. The van der Waals surface area contributed by atoms with Gasteiger partial charge in [0.15, 0.2) is 6.10 Å². The number of ether oxygens (including phenoxy) is 4. The molecule has 1 unspecified atom stereocenters. The van der Waals surface area contributed by atoms with E-state index >= 15 is 0 Å². The molecule has 0 radical (unpaired) electrons. The SMILES string of the molecule is COC(=O)CNC(=O)CC(=O)O[C@@H]([C@H](C)[C@H](O)[C@H](C)[C@@H](O)[C@@H](C)/C=C/C=C(/C)C(=O)NC1=C2NC3(CCN(CC(C)C)CC3)N=C2c2c(c(O)c(C)c3c2C(=O)C(C)O3)C1=O)[C@H](C)[C@H](/C=C/O)OC. The zero-order valence-electron chi connectivity index (χ0n) is 41.4. The van der Waals surface area contributed by atoms with Crippen LogP contribution in [0.5, 0.6) is 11.5 Å². The van der Waals surface area contributed by atoms with Gasteiger partial charge in [0.25, 0.3) is 5.91 Å². The number of phenols is 1. The Labute approximate surface area is 403 Å². The maximum atomic E-state index is 14.5. The third-order valence-corrected chi connectivity index (χ3v) is 13.6. The highest BCUT2D eigenvalue weighted by atomic mass is 16.6. The molecule has 5 rings (SSSR count). The number of fused-ring (bicyclic) bond motifs is 5. The standard InChI is InChI=1S/C50H69N5O14/c1-24(2)23-55-18-16-50(17-19-55)53-39-36-37(44(62)30(8)48-38(36)45(63)31(9)68-48)46(64)41(40(39)54-50)52-49(65)26(4)14-12-13-25(3)42(60)28(6)43(61)29(7)47(27(5)32(66-10)15-20-56)69-34(58)21-33(57)51-22-35(59)67-11/h12-15,20,24-25,27-29,31-32,42-43,47,54,56,60-62H,16-19,21-23H2,1-11H3,(H,51,57)(H,52,65)/b13-12+,20-15+,26-14-/t25-,27+,28+,29+,31?,32-,42-,43+,47+/m0/s1. The number of amides is 2. The summed E-state index contributed by atoms with van der Waals surface area (Å²) in [6.45, 7) is 17.5. The molecule has 19 nitrogen and oxygen atoms in total. The van der Waals surface area contributed by atoms with E-state index < -0.39 is 102 Å². The number of nitrogens with zero attached hydrogens (tertiary/aromatic N) is 2. The van der Waals surface area contributed by atoms with Gasteiger partial charge in [0, 0.05) is 80.0 Å². The fourth-order valence-electron chi connectivity index (χ4n) is 9.48. The number of aliphatic imine (C=N–C) groups is 1. The summed E-state index contributed by atoms with van der Waals surface area (Å²) in [4.78, 5) is 86.4. The number of benzene rings is 1. The Morgan fingerprint density at radius 1 is 0.957 bits per heavy atom. The van der Waals surface area contributed by atoms with Crippen LogP contribution in [0, 0.1) is 36.5 Å². The van der Waals surface area contributed by atoms with Crippen LogP contribution in [0.3, 0.4) is 0 Å². The number of hydrogen-bond donors (Lipinski definition) is 7. The molecule has 2 amide bonds. The van der Waals surface area contributed by atoms with Crippen molar-refractivity contribution in [3.05, 3.63) is 69.8 Å². The summed E-state index contributed by atoms with van der Waals surface area (Å²) in [6.07, 6.45) is 2.11. The Morgan fingerprint density at radius 3 is 2.23 bits per heavy atom. The quantitative estimate of drug-likeness (QED) is 0.0324. The summed E-state index contributed by atoms with van der Waals surface area (Å²) >= 11 is 0. The Bertz CT molecular complexity index is 2330. The first-order valence-electron chi connectivity index (χ1n) is 23.4. The number of aliphatic hydroxyl groups is 3. The van der Waals surface area contributed by atoms with Crippen molar-refractivity contribution >= 4 is 41.0 Å². The third kappa shape index (κ3) is 11.8. The number of piperidine rings is 1. The second kappa shape index (κ2) is 22.7. The Balaban J connectivity index is 1.33. The summed E-state index contributed by atoms with van der Waals surface area (Å²) in [5.74, 6) is -6.76. The normalized spacial score (nSPS) is 21.3. The zero-order valence-corrected chi connectivity index (χ0v) is 41.4. The van der Waals surface area contributed by atoms with Gasteiger partial charge in [-0.1, -0.05) is 59.8 Å². The van der Waals surface area contributed by atoms with Crippen LogP contribution >= 0.6 is 0 Å². The van der Waals surface area contributed by atoms with Gasteiger partial charge >= 0.3 is 11.9 Å². The number of Topliss-reactive ketones (excluding diaryl/α,β-unsaturated/α-hetero) is 2. The number of aliphatic hydroxyl groups excluding tert-OH is 3. The first kappa shape index (κ1) is 54.1. The van der Waals surface area contributed by atoms with E-state index in [0.29, 0.717) is 24.5 Å². The van der Waals surface area contributed by atoms with Gasteiger partial charge in [-0.15, -0.1) is 0 Å². The van der Waals surface area contributed by atoms with Gasteiger partial charge in [0.05, 0.1) is 54.2 Å². The number of esters is 2. The van der Waals surface area contributed by atoms with Crippen molar-refractivity contribution in [2.45, 2.75) is 118 Å². The molecule has 19 heteroatoms. The summed E-state index contributed by atoms with van der Waals surface area (Å²) < 4.78 is 21.6. The van der Waals surface area contributed by atoms with Crippen LogP contribution in [0.15, 0.2) is 52.5 Å². The minimum Gasteiger partial charge on any atom is -0.516 e. The highest BCUT2D eigenvalue weighted by Crippen LogP contribution is 2.48. The van der Waals surface area contributed by atoms with Crippen molar-refractivity contribution in [1.82, 2.24) is 20.9 Å². The summed E-state index contributed by atoms with van der Waals surface area (Å²) in [6, 6.07) is 0. The van der Waals surface area contributed by atoms with Crippen LogP contribution in [0.1, 0.15) is 106 Å². The van der Waals surface area contributed by atoms with Gasteiger partial charge in [-0.3, -0.25) is 33.8 Å². The second-order valence-corrected chi connectivity index (χ2v) is 19.1. The van der Waals surface area contributed by atoms with Gasteiger partial charge < -0.3 is 60.2 Å². The number of carbonyl (C=O) groups excluding carboxylic acids is 6. The second-order valence-electron chi connectivity index (χ2n) is 19.1. The molecule has 1 aromatic carbocycles. The number of methoxy groups -OCH3 is 2. The van der Waals surface area contributed by atoms with Crippen molar-refractivity contribution in [3.8, 4) is 11.5 Å². The number of aromatic hydroxyl groups is 1. The summed E-state index contributed by atoms with van der Waals surface area (Å²) in [5, 5.41) is 52.6. The van der Waals surface area contributed by atoms with Crippen molar-refractivity contribution in [3.63, 3.8) is 0 Å². The molecule has 4 aliphatic rings. The van der Waals surface area contributed by atoms with Gasteiger partial charge in [-0.05, 0) is 32.8 Å². The molecule has 1 aromatic rings. The predicted molar refractivity (Wildman–Crippen MR) is 253 cm³/mol. The van der Waals surface area contributed by atoms with Crippen molar-refractivity contribution in [2.24, 2.45) is 34.6 Å². The Kier molecular flexibility index (Phi) is 17.8. The van der Waals surface area contributed by atoms with E-state index in [0.717, 1.165) is 33.0 Å². The minimum absolute atomic E-state index is 0.122. The molecule has 3 heterocycles. The molecular formula is C50H69N5O14. The van der Waals surface area contributed by atoms with Gasteiger partial charge in [0.2, 0.25) is 17.5 Å². The molecule has 0 saturated carbocycles. The monoisotopic (exact) mass is 963 g/mol. The maximum absolute atomic E-state index is 14.5. The Hall–Kier alpha value is -5.89. The number of likely N-dealkylation sites (tertiary alicyclic amines) is 1. The number of ketones is 2. The molecule has 69 heavy (non-hydrogen) atoms. The number of phenolic OH excluding ortho intramolecular Hbond substituents is 1. The van der Waals surface area contributed by atoms with E-state index in [-0.39, 0.29) is 56.5 Å². The van der Waals surface area contributed by atoms with Crippen molar-refractivity contribution in [1.29, 1.82) is 0 Å². The maximum Gasteiger partial charge on any atom is 0.325 e. The predicted octanol–water partition coefficient (Wildman–Crippen LogP) is 3.48. The molecule has 9 atom stereocenters. The fraction of sp³-hybridized carbons (Fsp3) is 0.580. The lowest BCUT2D eigenvalue weighted by Gasteiger charge is -2.38. The van der Waals surface area contributed by atoms with Crippen LogP contribution in [0.4, 0.5) is 0 Å². The first-order valence-corrected chi connectivity index (χ1v) is 23.4. The largest absolute Gasteiger partial charge is 0.516 e. The van der Waals surface area contributed by atoms with Crippen LogP contribution in [0.2, 0.25) is 0 Å². The first-order chi connectivity index (χ1) is 32.5. The lowest BCUT2D eigenvalue weighted by molar-refractivity contribution is -0.164. The van der Waals surface area contributed by atoms with Crippen LogP contribution in [-0.2, 0) is 33.4 Å². The zero-order chi connectivity index (χ0) is 51.2. The molecular weight excluding hydrogens is 895 g/mol. The molecule has 1 spiro atoms. The molecule has 3 aliphatic heterocycles. The highest BCUT2D eigenvalue weighted by Gasteiger charge is 2.50. The molecule has 1 aliphatic carbocycles. The molecule has 378 valence electrons. The van der Waals surface area contributed by atoms with Crippen LogP contribution in [0.25, 0.3) is 0 Å². The van der Waals surface area contributed by atoms with E-state index in [9.17, 15) is 49.2 Å². The minimum atomic E-state index is -1.28. The number of rotatable bonds is 20. The van der Waals surface area contributed by atoms with Gasteiger partial charge in [0.1, 0.15) is 41.9 Å². The number of hydrogen-bond acceptors (Lipinski definition) is 17. The van der Waals surface area contributed by atoms with Gasteiger partial charge in [-0.25, -0.2) is 0 Å².